The van der Waals surface area contributed by atoms with Crippen molar-refractivity contribution in [2.75, 3.05) is 13.1 Å². The van der Waals surface area contributed by atoms with Crippen molar-refractivity contribution >= 4 is 11.6 Å². The van der Waals surface area contributed by atoms with Gasteiger partial charge in [0, 0.05) is 37.3 Å². The van der Waals surface area contributed by atoms with Gasteiger partial charge in [-0.2, -0.15) is 0 Å². The Kier molecular flexibility index (Phi) is 4.20. The van der Waals surface area contributed by atoms with E-state index in [0.29, 0.717) is 12.6 Å². The fraction of sp³-hybridized carbons (Fsp3) is 0.500. The average Bonchev–Trinajstić information content (AvgIpc) is 2.89. The van der Waals surface area contributed by atoms with Crippen molar-refractivity contribution in [2.45, 2.75) is 32.2 Å². The van der Waals surface area contributed by atoms with Crippen molar-refractivity contribution in [3.05, 3.63) is 36.3 Å². The first-order valence-corrected chi connectivity index (χ1v) is 7.66. The fourth-order valence-corrected chi connectivity index (χ4v) is 2.94. The van der Waals surface area contributed by atoms with Crippen LogP contribution in [0.25, 0.3) is 5.65 Å². The van der Waals surface area contributed by atoms with Crippen molar-refractivity contribution in [3.8, 4) is 0 Å². The molecule has 0 saturated carbocycles. The van der Waals surface area contributed by atoms with Gasteiger partial charge in [0.05, 0.1) is 5.69 Å². The highest BCUT2D eigenvalue weighted by Crippen LogP contribution is 2.15. The van der Waals surface area contributed by atoms with E-state index < -0.39 is 0 Å². The number of rotatable bonds is 4. The van der Waals surface area contributed by atoms with Crippen molar-refractivity contribution in [1.82, 2.24) is 20.0 Å². The van der Waals surface area contributed by atoms with Gasteiger partial charge in [-0.05, 0) is 38.4 Å². The van der Waals surface area contributed by atoms with E-state index in [4.69, 9.17) is 0 Å². The third-order valence-corrected chi connectivity index (χ3v) is 4.09. The zero-order valence-electron chi connectivity index (χ0n) is 12.4. The van der Waals surface area contributed by atoms with Crippen LogP contribution in [0.1, 0.15) is 25.5 Å². The summed E-state index contributed by atoms with van der Waals surface area (Å²) in [7, 11) is 0. The summed E-state index contributed by atoms with van der Waals surface area (Å²) in [6.45, 7) is 3.73. The minimum Gasteiger partial charge on any atom is -0.355 e. The van der Waals surface area contributed by atoms with Gasteiger partial charge in [0.25, 0.3) is 0 Å². The Hall–Kier alpha value is -1.88. The van der Waals surface area contributed by atoms with E-state index in [9.17, 15) is 4.79 Å². The molecule has 5 nitrogen and oxygen atoms in total. The molecule has 2 atom stereocenters. The number of nitrogens with zero attached hydrogens (tertiary/aromatic N) is 2. The van der Waals surface area contributed by atoms with Gasteiger partial charge in [-0.3, -0.25) is 4.79 Å². The molecule has 0 bridgehead atoms. The average molecular weight is 286 g/mol. The Balaban J connectivity index is 1.50. The second kappa shape index (κ2) is 6.26. The quantitative estimate of drug-likeness (QED) is 0.893. The van der Waals surface area contributed by atoms with Gasteiger partial charge >= 0.3 is 0 Å². The van der Waals surface area contributed by atoms with Crippen LogP contribution in [-0.2, 0) is 11.2 Å². The number of amides is 1. The topological polar surface area (TPSA) is 58.4 Å². The first-order valence-electron chi connectivity index (χ1n) is 7.66. The SMILES string of the molecule is C[C@H]1C[C@@H](C(=O)NCCc2cn3ccccc3n2)CCN1. The summed E-state index contributed by atoms with van der Waals surface area (Å²) in [5.74, 6) is 0.342. The molecule has 1 fully saturated rings. The molecule has 3 heterocycles. The standard InChI is InChI=1S/C16H22N4O/c1-12-10-13(5-7-17-12)16(21)18-8-6-14-11-20-9-3-2-4-15(20)19-14/h2-4,9,11-13,17H,5-8,10H2,1H3,(H,18,21)/t12-,13-/m0/s1. The first kappa shape index (κ1) is 14.1. The van der Waals surface area contributed by atoms with Gasteiger partial charge in [-0.15, -0.1) is 0 Å². The van der Waals surface area contributed by atoms with Gasteiger partial charge < -0.3 is 15.0 Å². The van der Waals surface area contributed by atoms with Crippen molar-refractivity contribution in [2.24, 2.45) is 5.92 Å². The van der Waals surface area contributed by atoms with E-state index in [1.54, 1.807) is 0 Å². The molecule has 0 radical (unpaired) electrons. The molecule has 2 N–H and O–H groups in total. The number of hydrogen-bond acceptors (Lipinski definition) is 3. The second-order valence-electron chi connectivity index (χ2n) is 5.82. The molecule has 2 aromatic heterocycles. The van der Waals surface area contributed by atoms with Crippen molar-refractivity contribution in [1.29, 1.82) is 0 Å². The highest BCUT2D eigenvalue weighted by atomic mass is 16.1. The molecule has 112 valence electrons. The second-order valence-corrected chi connectivity index (χ2v) is 5.82. The molecule has 0 spiro atoms. The fourth-order valence-electron chi connectivity index (χ4n) is 2.94. The summed E-state index contributed by atoms with van der Waals surface area (Å²) >= 11 is 0. The third-order valence-electron chi connectivity index (χ3n) is 4.09. The van der Waals surface area contributed by atoms with Crippen LogP contribution >= 0.6 is 0 Å². The van der Waals surface area contributed by atoms with E-state index in [-0.39, 0.29) is 11.8 Å². The molecule has 0 unspecified atom stereocenters. The van der Waals surface area contributed by atoms with Gasteiger partial charge in [0.1, 0.15) is 5.65 Å². The largest absolute Gasteiger partial charge is 0.355 e. The normalized spacial score (nSPS) is 22.3. The number of hydrogen-bond donors (Lipinski definition) is 2. The van der Waals surface area contributed by atoms with E-state index in [1.165, 1.54) is 0 Å². The van der Waals surface area contributed by atoms with Gasteiger partial charge in [0.2, 0.25) is 5.91 Å². The summed E-state index contributed by atoms with van der Waals surface area (Å²) in [4.78, 5) is 16.7. The molecule has 0 aromatic carbocycles. The third kappa shape index (κ3) is 3.42. The molecular weight excluding hydrogens is 264 g/mol. The van der Waals surface area contributed by atoms with E-state index in [2.05, 4.69) is 22.5 Å². The van der Waals surface area contributed by atoms with Crippen LogP contribution in [0.4, 0.5) is 0 Å². The molecule has 1 aliphatic rings. The lowest BCUT2D eigenvalue weighted by molar-refractivity contribution is -0.126. The predicted molar refractivity (Wildman–Crippen MR) is 82.1 cm³/mol. The van der Waals surface area contributed by atoms with E-state index in [1.807, 2.05) is 35.0 Å². The number of piperidine rings is 1. The van der Waals surface area contributed by atoms with Crippen LogP contribution < -0.4 is 10.6 Å². The summed E-state index contributed by atoms with van der Waals surface area (Å²) in [5, 5.41) is 6.42. The van der Waals surface area contributed by atoms with E-state index in [0.717, 1.165) is 37.1 Å². The maximum atomic E-state index is 12.1. The van der Waals surface area contributed by atoms with Crippen LogP contribution in [0, 0.1) is 5.92 Å². The van der Waals surface area contributed by atoms with E-state index >= 15 is 0 Å². The zero-order chi connectivity index (χ0) is 14.7. The molecule has 21 heavy (non-hydrogen) atoms. The number of imidazole rings is 1. The minimum atomic E-state index is 0.155. The monoisotopic (exact) mass is 286 g/mol. The zero-order valence-corrected chi connectivity index (χ0v) is 12.4. The van der Waals surface area contributed by atoms with Crippen molar-refractivity contribution < 1.29 is 4.79 Å². The Bertz CT molecular complexity index is 589. The number of fused-ring (bicyclic) bond motifs is 1. The highest BCUT2D eigenvalue weighted by molar-refractivity contribution is 5.78. The predicted octanol–water partition coefficient (Wildman–Crippen LogP) is 1.38. The Morgan fingerprint density at radius 2 is 2.43 bits per heavy atom. The van der Waals surface area contributed by atoms with Crippen LogP contribution in [0.3, 0.4) is 0 Å². The molecule has 0 aliphatic carbocycles. The summed E-state index contributed by atoms with van der Waals surface area (Å²) in [6.07, 6.45) is 6.65. The summed E-state index contributed by atoms with van der Waals surface area (Å²) < 4.78 is 2.01. The number of carbonyl (C=O) groups excluding carboxylic acids is 1. The van der Waals surface area contributed by atoms with Crippen molar-refractivity contribution in [3.63, 3.8) is 0 Å². The molecular formula is C16H22N4O. The van der Waals surface area contributed by atoms with Gasteiger partial charge in [-0.1, -0.05) is 6.07 Å². The number of aromatic nitrogens is 2. The smallest absolute Gasteiger partial charge is 0.223 e. The van der Waals surface area contributed by atoms with Crippen LogP contribution in [0.2, 0.25) is 0 Å². The molecule has 1 amide bonds. The maximum Gasteiger partial charge on any atom is 0.223 e. The highest BCUT2D eigenvalue weighted by Gasteiger charge is 2.24. The summed E-state index contributed by atoms with van der Waals surface area (Å²) in [6, 6.07) is 6.39. The minimum absolute atomic E-state index is 0.155. The lowest BCUT2D eigenvalue weighted by Crippen LogP contribution is -2.42. The molecule has 5 heteroatoms. The van der Waals surface area contributed by atoms with Crippen LogP contribution in [0.5, 0.6) is 0 Å². The maximum absolute atomic E-state index is 12.1. The Labute approximate surface area is 124 Å². The van der Waals surface area contributed by atoms with Gasteiger partial charge in [0.15, 0.2) is 0 Å². The number of pyridine rings is 1. The molecule has 1 aliphatic heterocycles. The molecule has 2 aromatic rings. The van der Waals surface area contributed by atoms with Gasteiger partial charge in [-0.25, -0.2) is 4.98 Å². The van der Waals surface area contributed by atoms with Crippen LogP contribution in [0.15, 0.2) is 30.6 Å². The Morgan fingerprint density at radius 3 is 3.24 bits per heavy atom. The lowest BCUT2D eigenvalue weighted by atomic mass is 9.92. The first-order chi connectivity index (χ1) is 10.2. The summed E-state index contributed by atoms with van der Waals surface area (Å²) in [5.41, 5.74) is 1.96. The Morgan fingerprint density at radius 1 is 1.52 bits per heavy atom. The van der Waals surface area contributed by atoms with Crippen LogP contribution in [-0.4, -0.2) is 34.4 Å². The number of carbonyl (C=O) groups is 1. The lowest BCUT2D eigenvalue weighted by Gasteiger charge is -2.27. The number of nitrogens with one attached hydrogen (secondary N) is 2. The molecule has 1 saturated heterocycles. The molecule has 3 rings (SSSR count).